The van der Waals surface area contributed by atoms with Crippen molar-refractivity contribution in [2.45, 2.75) is 43.7 Å². The molecule has 31 heavy (non-hydrogen) atoms. The fraction of sp³-hybridized carbons (Fsp3) is 0.308. The summed E-state index contributed by atoms with van der Waals surface area (Å²) in [5.74, 6) is 0.801. The van der Waals surface area contributed by atoms with E-state index < -0.39 is 0 Å². The maximum absolute atomic E-state index is 13.5. The lowest BCUT2D eigenvalue weighted by Crippen LogP contribution is -2.45. The molecular weight excluding hydrogens is 427 g/mol. The lowest BCUT2D eigenvalue weighted by atomic mass is 9.78. The van der Waals surface area contributed by atoms with Crippen molar-refractivity contribution >= 4 is 29.1 Å². The smallest absolute Gasteiger partial charge is 0.223 e. The molecule has 1 aliphatic carbocycles. The first kappa shape index (κ1) is 20.5. The second-order valence-electron chi connectivity index (χ2n) is 8.53. The third-order valence-corrected chi connectivity index (χ3v) is 6.97. The van der Waals surface area contributed by atoms with Gasteiger partial charge in [0, 0.05) is 28.6 Å². The molecule has 1 amide bonds. The molecule has 0 N–H and O–H groups in total. The average Bonchev–Trinajstić information content (AvgIpc) is 3.62. The first-order valence-electron chi connectivity index (χ1n) is 10.8. The summed E-state index contributed by atoms with van der Waals surface area (Å²) in [5.41, 5.74) is 3.24. The number of rotatable bonds is 5. The standard InChI is InChI=1S/C26H24Cl2N2O/c27-20-11-9-17(10-12-20)25-22(19-4-3-5-21(28)16-19)13-14-24(31)30(25)26(18-7-8-18)23-6-1-2-15-29-23/h1-6,9-12,15-16,18,22,25-26H,7-8,13-14H2/t22?,25-,26?/m1/s1. The molecule has 3 atom stereocenters. The van der Waals surface area contributed by atoms with Gasteiger partial charge >= 0.3 is 0 Å². The first-order chi connectivity index (χ1) is 15.1. The van der Waals surface area contributed by atoms with Crippen molar-refractivity contribution in [1.82, 2.24) is 9.88 Å². The average molecular weight is 451 g/mol. The van der Waals surface area contributed by atoms with E-state index in [-0.39, 0.29) is 23.9 Å². The Morgan fingerprint density at radius 2 is 1.68 bits per heavy atom. The molecule has 5 rings (SSSR count). The first-order valence-corrected chi connectivity index (χ1v) is 11.6. The van der Waals surface area contributed by atoms with E-state index in [0.29, 0.717) is 17.4 Å². The van der Waals surface area contributed by atoms with Crippen LogP contribution in [0.2, 0.25) is 10.0 Å². The summed E-state index contributed by atoms with van der Waals surface area (Å²) in [6.45, 7) is 0. The molecule has 2 heterocycles. The highest BCUT2D eigenvalue weighted by molar-refractivity contribution is 6.30. The van der Waals surface area contributed by atoms with Crippen LogP contribution in [0.4, 0.5) is 0 Å². The van der Waals surface area contributed by atoms with Crippen LogP contribution >= 0.6 is 23.2 Å². The Hall–Kier alpha value is -2.36. The van der Waals surface area contributed by atoms with E-state index in [0.717, 1.165) is 35.5 Å². The highest BCUT2D eigenvalue weighted by Gasteiger charge is 2.47. The van der Waals surface area contributed by atoms with Crippen LogP contribution in [0.15, 0.2) is 72.9 Å². The molecule has 3 nitrogen and oxygen atoms in total. The Labute approximate surface area is 193 Å². The molecule has 1 saturated carbocycles. The number of piperidine rings is 1. The normalized spacial score (nSPS) is 22.4. The van der Waals surface area contributed by atoms with Crippen LogP contribution in [0, 0.1) is 5.92 Å². The van der Waals surface area contributed by atoms with Crippen LogP contribution in [-0.2, 0) is 4.79 Å². The minimum atomic E-state index is -0.0930. The van der Waals surface area contributed by atoms with Crippen LogP contribution in [0.25, 0.3) is 0 Å². The fourth-order valence-electron chi connectivity index (χ4n) is 4.96. The van der Waals surface area contributed by atoms with Gasteiger partial charge in [-0.2, -0.15) is 0 Å². The summed E-state index contributed by atoms with van der Waals surface area (Å²) < 4.78 is 0. The molecule has 1 aliphatic heterocycles. The predicted molar refractivity (Wildman–Crippen MR) is 124 cm³/mol. The number of likely N-dealkylation sites (tertiary alicyclic amines) is 1. The second kappa shape index (κ2) is 8.64. The Kier molecular flexibility index (Phi) is 5.73. The monoisotopic (exact) mass is 450 g/mol. The van der Waals surface area contributed by atoms with Crippen molar-refractivity contribution in [3.8, 4) is 0 Å². The van der Waals surface area contributed by atoms with Crippen molar-refractivity contribution in [3.63, 3.8) is 0 Å². The van der Waals surface area contributed by atoms with E-state index in [1.54, 1.807) is 0 Å². The summed E-state index contributed by atoms with van der Waals surface area (Å²) in [5, 5.41) is 1.42. The molecule has 2 aliphatic rings. The Bertz CT molecular complexity index is 1070. The Morgan fingerprint density at radius 3 is 2.35 bits per heavy atom. The number of carbonyl (C=O) groups excluding carboxylic acids is 1. The minimum absolute atomic E-state index is 0.0173. The number of aromatic nitrogens is 1. The molecule has 5 heteroatoms. The molecule has 0 radical (unpaired) electrons. The predicted octanol–water partition coefficient (Wildman–Crippen LogP) is 6.99. The van der Waals surface area contributed by atoms with Gasteiger partial charge < -0.3 is 4.90 Å². The van der Waals surface area contributed by atoms with Gasteiger partial charge in [0.25, 0.3) is 0 Å². The Morgan fingerprint density at radius 1 is 0.871 bits per heavy atom. The number of amides is 1. The van der Waals surface area contributed by atoms with E-state index in [4.69, 9.17) is 23.2 Å². The van der Waals surface area contributed by atoms with Gasteiger partial charge in [0.1, 0.15) is 0 Å². The summed E-state index contributed by atoms with van der Waals surface area (Å²) in [6, 6.07) is 21.9. The van der Waals surface area contributed by atoms with E-state index in [9.17, 15) is 4.79 Å². The zero-order valence-corrected chi connectivity index (χ0v) is 18.6. The molecule has 2 unspecified atom stereocenters. The molecule has 1 saturated heterocycles. The maximum atomic E-state index is 13.5. The number of halogens is 2. The molecule has 2 aromatic carbocycles. The summed E-state index contributed by atoms with van der Waals surface area (Å²) >= 11 is 12.6. The van der Waals surface area contributed by atoms with Gasteiger partial charge in [-0.05, 0) is 72.7 Å². The largest absolute Gasteiger partial charge is 0.326 e. The van der Waals surface area contributed by atoms with Gasteiger partial charge in [-0.15, -0.1) is 0 Å². The van der Waals surface area contributed by atoms with Crippen LogP contribution in [0.1, 0.15) is 60.5 Å². The zero-order valence-electron chi connectivity index (χ0n) is 17.1. The fourth-order valence-corrected chi connectivity index (χ4v) is 5.28. The SMILES string of the molecule is O=C1CCC(c2cccc(Cl)c2)[C@@H](c2ccc(Cl)cc2)N1C(c1ccccn1)C1CC1. The number of hydrogen-bond acceptors (Lipinski definition) is 2. The lowest BCUT2D eigenvalue weighted by molar-refractivity contribution is -0.142. The van der Waals surface area contributed by atoms with Crippen LogP contribution in [0.3, 0.4) is 0 Å². The molecule has 0 bridgehead atoms. The van der Waals surface area contributed by atoms with Gasteiger partial charge in [0.05, 0.1) is 17.8 Å². The van der Waals surface area contributed by atoms with Gasteiger partial charge in [-0.3, -0.25) is 9.78 Å². The number of hydrogen-bond donors (Lipinski definition) is 0. The second-order valence-corrected chi connectivity index (χ2v) is 9.41. The van der Waals surface area contributed by atoms with E-state index in [1.807, 2.05) is 48.7 Å². The van der Waals surface area contributed by atoms with Crippen molar-refractivity contribution in [2.75, 3.05) is 0 Å². The van der Waals surface area contributed by atoms with E-state index in [1.165, 1.54) is 5.56 Å². The number of pyridine rings is 1. The highest BCUT2D eigenvalue weighted by atomic mass is 35.5. The van der Waals surface area contributed by atoms with E-state index >= 15 is 0 Å². The van der Waals surface area contributed by atoms with Crippen molar-refractivity contribution in [3.05, 3.63) is 99.8 Å². The Balaban J connectivity index is 1.64. The quantitative estimate of drug-likeness (QED) is 0.419. The summed E-state index contributed by atoms with van der Waals surface area (Å²) in [4.78, 5) is 20.3. The number of benzene rings is 2. The van der Waals surface area contributed by atoms with E-state index in [2.05, 4.69) is 34.1 Å². The number of carbonyl (C=O) groups is 1. The van der Waals surface area contributed by atoms with Gasteiger partial charge in [0.2, 0.25) is 5.91 Å². The lowest BCUT2D eigenvalue weighted by Gasteiger charge is -2.46. The van der Waals surface area contributed by atoms with Crippen LogP contribution in [-0.4, -0.2) is 15.8 Å². The molecule has 158 valence electrons. The van der Waals surface area contributed by atoms with Crippen molar-refractivity contribution < 1.29 is 4.79 Å². The van der Waals surface area contributed by atoms with Crippen molar-refractivity contribution in [2.24, 2.45) is 5.92 Å². The number of nitrogens with zero attached hydrogens (tertiary/aromatic N) is 2. The maximum Gasteiger partial charge on any atom is 0.223 e. The topological polar surface area (TPSA) is 33.2 Å². The molecular formula is C26H24Cl2N2O. The molecule has 1 aromatic heterocycles. The zero-order chi connectivity index (χ0) is 21.4. The summed E-state index contributed by atoms with van der Waals surface area (Å²) in [6.07, 6.45) is 5.39. The van der Waals surface area contributed by atoms with Gasteiger partial charge in [0.15, 0.2) is 0 Å². The third-order valence-electron chi connectivity index (χ3n) is 6.49. The highest BCUT2D eigenvalue weighted by Crippen LogP contribution is 2.52. The molecule has 0 spiro atoms. The molecule has 3 aromatic rings. The van der Waals surface area contributed by atoms with Crippen LogP contribution < -0.4 is 0 Å². The van der Waals surface area contributed by atoms with Gasteiger partial charge in [-0.25, -0.2) is 0 Å². The van der Waals surface area contributed by atoms with Crippen molar-refractivity contribution in [1.29, 1.82) is 0 Å². The molecule has 2 fully saturated rings. The van der Waals surface area contributed by atoms with Crippen LogP contribution in [0.5, 0.6) is 0 Å². The summed E-state index contributed by atoms with van der Waals surface area (Å²) in [7, 11) is 0. The third kappa shape index (κ3) is 4.22. The minimum Gasteiger partial charge on any atom is -0.326 e. The van der Waals surface area contributed by atoms with Gasteiger partial charge in [-0.1, -0.05) is 53.5 Å².